The molecule has 0 aromatic rings. The van der Waals surface area contributed by atoms with Gasteiger partial charge in [0, 0.05) is 5.57 Å². The minimum Gasteiger partial charge on any atom is -0.388 e. The maximum absolute atomic E-state index is 11.1. The minimum absolute atomic E-state index is 0.00884. The Labute approximate surface area is 80.7 Å². The molecule has 0 heterocycles. The van der Waals surface area contributed by atoms with Crippen LogP contribution in [0.25, 0.3) is 0 Å². The molecule has 13 heavy (non-hydrogen) atoms. The van der Waals surface area contributed by atoms with Gasteiger partial charge in [-0.25, -0.2) is 0 Å². The molecule has 0 aliphatic heterocycles. The lowest BCUT2D eigenvalue weighted by Gasteiger charge is -2.11. The quantitative estimate of drug-likeness (QED) is 0.644. The SMILES string of the molecule is CC/C=C(\C(C)=O)C(O)CCCC. The monoisotopic (exact) mass is 184 g/mol. The van der Waals surface area contributed by atoms with E-state index in [1.54, 1.807) is 0 Å². The molecule has 0 fully saturated rings. The van der Waals surface area contributed by atoms with Crippen LogP contribution in [0.3, 0.4) is 0 Å². The summed E-state index contributed by atoms with van der Waals surface area (Å²) in [5.41, 5.74) is 0.580. The number of allylic oxidation sites excluding steroid dienone is 1. The van der Waals surface area contributed by atoms with Gasteiger partial charge in [-0.3, -0.25) is 4.79 Å². The lowest BCUT2D eigenvalue weighted by molar-refractivity contribution is -0.114. The molecule has 2 heteroatoms. The maximum atomic E-state index is 11.1. The molecule has 0 aromatic carbocycles. The second kappa shape index (κ2) is 6.84. The number of carbonyl (C=O) groups is 1. The van der Waals surface area contributed by atoms with Gasteiger partial charge in [0.1, 0.15) is 0 Å². The van der Waals surface area contributed by atoms with Crippen molar-refractivity contribution in [2.75, 3.05) is 0 Å². The van der Waals surface area contributed by atoms with Gasteiger partial charge in [0.05, 0.1) is 6.10 Å². The molecule has 0 saturated carbocycles. The number of ketones is 1. The Hall–Kier alpha value is -0.630. The van der Waals surface area contributed by atoms with E-state index < -0.39 is 6.10 Å². The van der Waals surface area contributed by atoms with Crippen molar-refractivity contribution in [3.8, 4) is 0 Å². The number of aliphatic hydroxyl groups excluding tert-OH is 1. The Kier molecular flexibility index (Phi) is 6.51. The lowest BCUT2D eigenvalue weighted by atomic mass is 10.0. The Bertz CT molecular complexity index is 183. The molecule has 0 spiro atoms. The molecule has 1 N–H and O–H groups in total. The van der Waals surface area contributed by atoms with Gasteiger partial charge in [0.2, 0.25) is 0 Å². The van der Waals surface area contributed by atoms with E-state index in [0.29, 0.717) is 12.0 Å². The first-order valence-corrected chi connectivity index (χ1v) is 5.02. The predicted octanol–water partition coefficient (Wildman–Crippen LogP) is 2.46. The van der Waals surface area contributed by atoms with Crippen LogP contribution in [0.4, 0.5) is 0 Å². The lowest BCUT2D eigenvalue weighted by Crippen LogP contribution is -2.16. The number of rotatable bonds is 6. The van der Waals surface area contributed by atoms with Crippen LogP contribution >= 0.6 is 0 Å². The third kappa shape index (κ3) is 4.83. The molecule has 1 unspecified atom stereocenters. The Morgan fingerprint density at radius 1 is 1.46 bits per heavy atom. The van der Waals surface area contributed by atoms with E-state index in [2.05, 4.69) is 6.92 Å². The van der Waals surface area contributed by atoms with Gasteiger partial charge in [-0.15, -0.1) is 0 Å². The van der Waals surface area contributed by atoms with E-state index >= 15 is 0 Å². The number of aliphatic hydroxyl groups is 1. The molecule has 0 aliphatic carbocycles. The van der Waals surface area contributed by atoms with Crippen LogP contribution in [-0.2, 0) is 4.79 Å². The van der Waals surface area contributed by atoms with Crippen molar-refractivity contribution in [3.05, 3.63) is 11.6 Å². The van der Waals surface area contributed by atoms with Gasteiger partial charge in [0.25, 0.3) is 0 Å². The van der Waals surface area contributed by atoms with Gasteiger partial charge in [0.15, 0.2) is 5.78 Å². The minimum atomic E-state index is -0.558. The first kappa shape index (κ1) is 12.4. The molecule has 0 aliphatic rings. The second-order valence-corrected chi connectivity index (χ2v) is 3.28. The molecule has 0 saturated heterocycles. The largest absolute Gasteiger partial charge is 0.388 e. The van der Waals surface area contributed by atoms with E-state index in [4.69, 9.17) is 0 Å². The van der Waals surface area contributed by atoms with Crippen molar-refractivity contribution in [3.63, 3.8) is 0 Å². The highest BCUT2D eigenvalue weighted by atomic mass is 16.3. The summed E-state index contributed by atoms with van der Waals surface area (Å²) in [5, 5.41) is 9.65. The Balaban J connectivity index is 4.20. The van der Waals surface area contributed by atoms with E-state index in [9.17, 15) is 9.90 Å². The summed E-state index contributed by atoms with van der Waals surface area (Å²) in [7, 11) is 0. The molecule has 0 radical (unpaired) electrons. The highest BCUT2D eigenvalue weighted by molar-refractivity contribution is 5.94. The molecule has 0 amide bonds. The molecular formula is C11H20O2. The Morgan fingerprint density at radius 2 is 2.08 bits per heavy atom. The summed E-state index contributed by atoms with van der Waals surface area (Å²) >= 11 is 0. The molecule has 0 aromatic heterocycles. The van der Waals surface area contributed by atoms with Crippen LogP contribution in [-0.4, -0.2) is 17.0 Å². The highest BCUT2D eigenvalue weighted by Gasteiger charge is 2.13. The third-order valence-corrected chi connectivity index (χ3v) is 2.02. The third-order valence-electron chi connectivity index (χ3n) is 2.02. The van der Waals surface area contributed by atoms with Crippen molar-refractivity contribution >= 4 is 5.78 Å². The maximum Gasteiger partial charge on any atom is 0.158 e. The van der Waals surface area contributed by atoms with Crippen molar-refractivity contribution < 1.29 is 9.90 Å². The van der Waals surface area contributed by atoms with Crippen molar-refractivity contribution in [1.82, 2.24) is 0 Å². The molecule has 76 valence electrons. The standard InChI is InChI=1S/C11H20O2/c1-4-6-8-11(13)10(7-5-2)9(3)12/h7,11,13H,4-6,8H2,1-3H3/b10-7+. The Morgan fingerprint density at radius 3 is 2.46 bits per heavy atom. The van der Waals surface area contributed by atoms with Crippen LogP contribution in [0.15, 0.2) is 11.6 Å². The zero-order valence-electron chi connectivity index (χ0n) is 8.84. The summed E-state index contributed by atoms with van der Waals surface area (Å²) in [4.78, 5) is 11.1. The molecule has 0 bridgehead atoms. The van der Waals surface area contributed by atoms with E-state index in [0.717, 1.165) is 19.3 Å². The average Bonchev–Trinajstić information content (AvgIpc) is 2.09. The van der Waals surface area contributed by atoms with Gasteiger partial charge < -0.3 is 5.11 Å². The van der Waals surface area contributed by atoms with E-state index in [-0.39, 0.29) is 5.78 Å². The summed E-state index contributed by atoms with van der Waals surface area (Å²) < 4.78 is 0. The van der Waals surface area contributed by atoms with E-state index in [1.807, 2.05) is 13.0 Å². The zero-order chi connectivity index (χ0) is 10.3. The summed E-state index contributed by atoms with van der Waals surface area (Å²) in [6.45, 7) is 5.55. The number of hydrogen-bond acceptors (Lipinski definition) is 2. The zero-order valence-corrected chi connectivity index (χ0v) is 8.84. The fourth-order valence-electron chi connectivity index (χ4n) is 1.29. The topological polar surface area (TPSA) is 37.3 Å². The molecule has 0 rings (SSSR count). The fraction of sp³-hybridized carbons (Fsp3) is 0.727. The predicted molar refractivity (Wildman–Crippen MR) is 54.6 cm³/mol. The van der Waals surface area contributed by atoms with E-state index in [1.165, 1.54) is 6.92 Å². The van der Waals surface area contributed by atoms with Crippen molar-refractivity contribution in [1.29, 1.82) is 0 Å². The van der Waals surface area contributed by atoms with Gasteiger partial charge >= 0.3 is 0 Å². The average molecular weight is 184 g/mol. The number of carbonyl (C=O) groups excluding carboxylic acids is 1. The summed E-state index contributed by atoms with van der Waals surface area (Å²) in [6, 6.07) is 0. The molecule has 2 nitrogen and oxygen atoms in total. The normalized spacial score (nSPS) is 14.3. The second-order valence-electron chi connectivity index (χ2n) is 3.28. The first-order valence-electron chi connectivity index (χ1n) is 5.02. The van der Waals surface area contributed by atoms with Gasteiger partial charge in [-0.1, -0.05) is 32.8 Å². The fourth-order valence-corrected chi connectivity index (χ4v) is 1.29. The van der Waals surface area contributed by atoms with Crippen LogP contribution < -0.4 is 0 Å². The first-order chi connectivity index (χ1) is 6.13. The van der Waals surface area contributed by atoms with Crippen LogP contribution in [0.1, 0.15) is 46.5 Å². The summed E-state index contributed by atoms with van der Waals surface area (Å²) in [5.74, 6) is -0.00884. The number of hydrogen-bond donors (Lipinski definition) is 1. The molecule has 1 atom stereocenters. The number of unbranched alkanes of at least 4 members (excludes halogenated alkanes) is 1. The van der Waals surface area contributed by atoms with Crippen molar-refractivity contribution in [2.45, 2.75) is 52.6 Å². The van der Waals surface area contributed by atoms with Gasteiger partial charge in [-0.2, -0.15) is 0 Å². The molecular weight excluding hydrogens is 164 g/mol. The van der Waals surface area contributed by atoms with Crippen molar-refractivity contribution in [2.24, 2.45) is 0 Å². The van der Waals surface area contributed by atoms with Crippen LogP contribution in [0.2, 0.25) is 0 Å². The summed E-state index contributed by atoms with van der Waals surface area (Å²) in [6.07, 6.45) is 4.78. The number of Topliss-reactive ketones (excluding diaryl/α,β-unsaturated/α-hetero) is 1. The van der Waals surface area contributed by atoms with Gasteiger partial charge in [-0.05, 0) is 19.8 Å². The van der Waals surface area contributed by atoms with Crippen LogP contribution in [0, 0.1) is 0 Å². The smallest absolute Gasteiger partial charge is 0.158 e. The highest BCUT2D eigenvalue weighted by Crippen LogP contribution is 2.12. The van der Waals surface area contributed by atoms with Crippen LogP contribution in [0.5, 0.6) is 0 Å².